The number of nitrogens with zero attached hydrogens (tertiary/aromatic N) is 3. The second-order valence-electron chi connectivity index (χ2n) is 3.75. The van der Waals surface area contributed by atoms with E-state index in [4.69, 9.17) is 16.9 Å². The highest BCUT2D eigenvalue weighted by molar-refractivity contribution is 6.30. The zero-order chi connectivity index (χ0) is 14.0. The predicted octanol–water partition coefficient (Wildman–Crippen LogP) is 3.53. The van der Waals surface area contributed by atoms with E-state index in [0.717, 1.165) is 4.68 Å². The van der Waals surface area contributed by atoms with Crippen molar-refractivity contribution in [2.75, 3.05) is 0 Å². The number of rotatable bonds is 3. The van der Waals surface area contributed by atoms with Gasteiger partial charge in [-0.05, 0) is 17.7 Å². The fourth-order valence-corrected chi connectivity index (χ4v) is 1.86. The molecule has 0 saturated heterocycles. The third kappa shape index (κ3) is 2.71. The highest BCUT2D eigenvalue weighted by atomic mass is 35.5. The Hall–Kier alpha value is -2.00. The number of hydrogen-bond donors (Lipinski definition) is 0. The number of aromatic nitrogens is 2. The Morgan fingerprint density at radius 1 is 1.42 bits per heavy atom. The van der Waals surface area contributed by atoms with Gasteiger partial charge in [0, 0.05) is 0 Å². The lowest BCUT2D eigenvalue weighted by Crippen LogP contribution is -2.03. The molecule has 0 aliphatic heterocycles. The molecule has 19 heavy (non-hydrogen) atoms. The Labute approximate surface area is 111 Å². The summed E-state index contributed by atoms with van der Waals surface area (Å²) in [6.45, 7) is 0.0119. The van der Waals surface area contributed by atoms with Gasteiger partial charge in [0.2, 0.25) is 0 Å². The van der Waals surface area contributed by atoms with Crippen LogP contribution in [0.15, 0.2) is 24.3 Å². The van der Waals surface area contributed by atoms with Crippen molar-refractivity contribution in [1.29, 1.82) is 5.26 Å². The van der Waals surface area contributed by atoms with E-state index in [1.165, 1.54) is 18.2 Å². The lowest BCUT2D eigenvalue weighted by Gasteiger charge is -2.03. The molecule has 0 bridgehead atoms. The smallest absolute Gasteiger partial charge is 0.248 e. The first kappa shape index (κ1) is 13.4. The molecule has 0 aliphatic rings. The van der Waals surface area contributed by atoms with Crippen molar-refractivity contribution in [3.63, 3.8) is 0 Å². The highest BCUT2D eigenvalue weighted by Gasteiger charge is 2.23. The molecular weight excluding hydrogens is 279 g/mol. The zero-order valence-corrected chi connectivity index (χ0v) is 10.2. The van der Waals surface area contributed by atoms with E-state index in [-0.39, 0.29) is 17.3 Å². The van der Waals surface area contributed by atoms with Gasteiger partial charge in [0.25, 0.3) is 6.43 Å². The minimum Gasteiger partial charge on any atom is -0.248 e. The number of nitriles is 1. The van der Waals surface area contributed by atoms with E-state index < -0.39 is 17.9 Å². The van der Waals surface area contributed by atoms with Crippen LogP contribution in [0.2, 0.25) is 5.15 Å². The van der Waals surface area contributed by atoms with E-state index in [0.29, 0.717) is 5.56 Å². The van der Waals surface area contributed by atoms with Gasteiger partial charge < -0.3 is 0 Å². The number of halogens is 4. The number of alkyl halides is 2. The Balaban J connectivity index is 2.39. The van der Waals surface area contributed by atoms with E-state index >= 15 is 0 Å². The van der Waals surface area contributed by atoms with Crippen LogP contribution in [0.25, 0.3) is 0 Å². The van der Waals surface area contributed by atoms with Gasteiger partial charge in [-0.25, -0.2) is 17.9 Å². The zero-order valence-electron chi connectivity index (χ0n) is 9.45. The summed E-state index contributed by atoms with van der Waals surface area (Å²) in [5, 5.41) is 12.2. The molecule has 2 rings (SSSR count). The maximum Gasteiger partial charge on any atom is 0.283 e. The minimum absolute atomic E-state index is 0.0119. The molecule has 1 aromatic carbocycles. The summed E-state index contributed by atoms with van der Waals surface area (Å²) in [6, 6.07) is 7.19. The molecular formula is C12H7ClF3N3. The van der Waals surface area contributed by atoms with Crippen molar-refractivity contribution in [2.45, 2.75) is 13.0 Å². The van der Waals surface area contributed by atoms with Crippen molar-refractivity contribution < 1.29 is 13.2 Å². The molecule has 0 atom stereocenters. The molecule has 0 unspecified atom stereocenters. The van der Waals surface area contributed by atoms with E-state index in [9.17, 15) is 13.2 Å². The van der Waals surface area contributed by atoms with Crippen LogP contribution in [0.1, 0.15) is 23.2 Å². The third-order valence-corrected chi connectivity index (χ3v) is 2.84. The molecule has 7 heteroatoms. The van der Waals surface area contributed by atoms with Crippen molar-refractivity contribution in [3.8, 4) is 6.07 Å². The van der Waals surface area contributed by atoms with Crippen LogP contribution in [0.4, 0.5) is 13.2 Å². The fourth-order valence-electron chi connectivity index (χ4n) is 1.63. The molecule has 0 aliphatic carbocycles. The van der Waals surface area contributed by atoms with Gasteiger partial charge in [0.15, 0.2) is 0 Å². The first-order valence-corrected chi connectivity index (χ1v) is 5.59. The molecule has 2 aromatic rings. The first-order valence-electron chi connectivity index (χ1n) is 5.22. The van der Waals surface area contributed by atoms with Gasteiger partial charge in [0.1, 0.15) is 28.3 Å². The lowest BCUT2D eigenvalue weighted by molar-refractivity contribution is 0.144. The first-order chi connectivity index (χ1) is 9.02. The molecule has 1 heterocycles. The van der Waals surface area contributed by atoms with Crippen molar-refractivity contribution in [2.24, 2.45) is 0 Å². The van der Waals surface area contributed by atoms with Crippen molar-refractivity contribution >= 4 is 11.6 Å². The molecule has 0 spiro atoms. The monoisotopic (exact) mass is 285 g/mol. The molecule has 0 N–H and O–H groups in total. The van der Waals surface area contributed by atoms with Gasteiger partial charge in [-0.3, -0.25) is 0 Å². The highest BCUT2D eigenvalue weighted by Crippen LogP contribution is 2.27. The van der Waals surface area contributed by atoms with Crippen LogP contribution >= 0.6 is 11.6 Å². The van der Waals surface area contributed by atoms with Crippen LogP contribution in [-0.2, 0) is 6.54 Å². The third-order valence-electron chi connectivity index (χ3n) is 2.46. The average molecular weight is 286 g/mol. The fraction of sp³-hybridized carbons (Fsp3) is 0.167. The van der Waals surface area contributed by atoms with E-state index in [1.54, 1.807) is 12.1 Å². The van der Waals surface area contributed by atoms with Crippen molar-refractivity contribution in [3.05, 3.63) is 52.1 Å². The number of benzene rings is 1. The Bertz CT molecular complexity index is 646. The van der Waals surface area contributed by atoms with Crippen LogP contribution in [0.3, 0.4) is 0 Å². The molecule has 0 saturated carbocycles. The molecule has 0 radical (unpaired) electrons. The Kier molecular flexibility index (Phi) is 3.76. The van der Waals surface area contributed by atoms with Crippen LogP contribution in [0, 0.1) is 17.1 Å². The molecule has 0 fully saturated rings. The molecule has 98 valence electrons. The lowest BCUT2D eigenvalue weighted by atomic mass is 10.2. The summed E-state index contributed by atoms with van der Waals surface area (Å²) in [5.74, 6) is -0.449. The largest absolute Gasteiger partial charge is 0.283 e. The summed E-state index contributed by atoms with van der Waals surface area (Å²) < 4.78 is 39.4. The average Bonchev–Trinajstić information content (AvgIpc) is 2.66. The normalized spacial score (nSPS) is 10.7. The topological polar surface area (TPSA) is 41.6 Å². The minimum atomic E-state index is -2.89. The summed E-state index contributed by atoms with van der Waals surface area (Å²) in [6.07, 6.45) is -2.89. The van der Waals surface area contributed by atoms with E-state index in [2.05, 4.69) is 5.10 Å². The molecule has 0 amide bonds. The van der Waals surface area contributed by atoms with Crippen molar-refractivity contribution in [1.82, 2.24) is 9.78 Å². The quantitative estimate of drug-likeness (QED) is 0.865. The maximum atomic E-state index is 13.0. The summed E-state index contributed by atoms with van der Waals surface area (Å²) in [7, 11) is 0. The SMILES string of the molecule is N#Cc1c(C(F)F)nn(Cc2cccc(F)c2)c1Cl. The van der Waals surface area contributed by atoms with Crippen LogP contribution in [-0.4, -0.2) is 9.78 Å². The standard InChI is InChI=1S/C12H7ClF3N3/c13-11-9(5-17)10(12(15)16)18-19(11)6-7-2-1-3-8(14)4-7/h1-4,12H,6H2. The van der Waals surface area contributed by atoms with Gasteiger partial charge in [-0.1, -0.05) is 23.7 Å². The Morgan fingerprint density at radius 3 is 2.68 bits per heavy atom. The molecule has 3 nitrogen and oxygen atoms in total. The summed E-state index contributed by atoms with van der Waals surface area (Å²) in [4.78, 5) is 0. The predicted molar refractivity (Wildman–Crippen MR) is 62.4 cm³/mol. The van der Waals surface area contributed by atoms with Gasteiger partial charge in [0.05, 0.1) is 6.54 Å². The summed E-state index contributed by atoms with van der Waals surface area (Å²) in [5.41, 5.74) is -0.508. The summed E-state index contributed by atoms with van der Waals surface area (Å²) >= 11 is 5.81. The Morgan fingerprint density at radius 2 is 2.16 bits per heavy atom. The second-order valence-corrected chi connectivity index (χ2v) is 4.11. The van der Waals surface area contributed by atoms with Crippen LogP contribution < -0.4 is 0 Å². The maximum absolute atomic E-state index is 13.0. The van der Waals surface area contributed by atoms with Crippen LogP contribution in [0.5, 0.6) is 0 Å². The van der Waals surface area contributed by atoms with E-state index in [1.807, 2.05) is 0 Å². The number of hydrogen-bond acceptors (Lipinski definition) is 2. The second kappa shape index (κ2) is 5.33. The van der Waals surface area contributed by atoms with Gasteiger partial charge in [-0.2, -0.15) is 10.4 Å². The van der Waals surface area contributed by atoms with Gasteiger partial charge in [-0.15, -0.1) is 0 Å². The molecule has 1 aromatic heterocycles. The van der Waals surface area contributed by atoms with Gasteiger partial charge >= 0.3 is 0 Å².